The van der Waals surface area contributed by atoms with Gasteiger partial charge in [0.1, 0.15) is 0 Å². The number of hydrogen-bond acceptors (Lipinski definition) is 5. The Labute approximate surface area is 150 Å². The second-order valence-electron chi connectivity index (χ2n) is 7.42. The van der Waals surface area contributed by atoms with Crippen LogP contribution in [-0.4, -0.2) is 84.4 Å². The number of hydrogen-bond donors (Lipinski definition) is 1. The predicted molar refractivity (Wildman–Crippen MR) is 96.2 cm³/mol. The molecule has 0 spiro atoms. The fraction of sp³-hybridized carbons (Fsp3) is 0.684. The van der Waals surface area contributed by atoms with Crippen LogP contribution in [0, 0.1) is 5.82 Å². The highest BCUT2D eigenvalue weighted by atomic mass is 19.1. The molecule has 2 fully saturated rings. The smallest absolute Gasteiger partial charge is 0.164 e. The first-order valence-electron chi connectivity index (χ1n) is 9.29. The standard InChI is InChI=1S/C19H30FN3O2/c1-15-12-23(13-16(2)25-15)10-7-21-5-8-22(9-6-21)14-17-3-4-18(20)19(24)11-17/h3-4,11,15-16,24H,5-10,12-14H2,1-2H3/t15-,16+. The van der Waals surface area contributed by atoms with E-state index in [1.165, 1.54) is 12.1 Å². The van der Waals surface area contributed by atoms with E-state index in [4.69, 9.17) is 4.74 Å². The number of aromatic hydroxyl groups is 1. The molecule has 1 N–H and O–H groups in total. The maximum absolute atomic E-state index is 13.1. The lowest BCUT2D eigenvalue weighted by Gasteiger charge is -2.38. The van der Waals surface area contributed by atoms with E-state index in [0.29, 0.717) is 12.2 Å². The largest absolute Gasteiger partial charge is 0.505 e. The molecule has 2 heterocycles. The van der Waals surface area contributed by atoms with Crippen molar-refractivity contribution in [3.63, 3.8) is 0 Å². The number of phenols is 1. The number of phenolic OH excluding ortho intramolecular Hbond substituents is 1. The molecule has 0 aromatic heterocycles. The first kappa shape index (κ1) is 18.6. The first-order chi connectivity index (χ1) is 12.0. The zero-order valence-corrected chi connectivity index (χ0v) is 15.3. The summed E-state index contributed by atoms with van der Waals surface area (Å²) in [5.41, 5.74) is 0.962. The van der Waals surface area contributed by atoms with Crippen molar-refractivity contribution in [2.45, 2.75) is 32.6 Å². The molecule has 25 heavy (non-hydrogen) atoms. The number of nitrogens with zero attached hydrogens (tertiary/aromatic N) is 3. The van der Waals surface area contributed by atoms with Gasteiger partial charge in [0.25, 0.3) is 0 Å². The summed E-state index contributed by atoms with van der Waals surface area (Å²) in [5, 5.41) is 9.49. The third-order valence-corrected chi connectivity index (χ3v) is 5.11. The van der Waals surface area contributed by atoms with E-state index in [9.17, 15) is 9.50 Å². The Hall–Kier alpha value is -1.21. The Morgan fingerprint density at radius 2 is 1.60 bits per heavy atom. The van der Waals surface area contributed by atoms with Crippen molar-refractivity contribution in [1.82, 2.24) is 14.7 Å². The monoisotopic (exact) mass is 351 g/mol. The van der Waals surface area contributed by atoms with Gasteiger partial charge in [0.2, 0.25) is 0 Å². The Balaban J connectivity index is 1.39. The fourth-order valence-electron chi connectivity index (χ4n) is 3.84. The highest BCUT2D eigenvalue weighted by Crippen LogP contribution is 2.18. The molecule has 6 heteroatoms. The molecule has 140 valence electrons. The number of rotatable bonds is 5. The molecule has 2 atom stereocenters. The van der Waals surface area contributed by atoms with E-state index in [1.54, 1.807) is 6.07 Å². The topological polar surface area (TPSA) is 39.2 Å². The Kier molecular flexibility index (Phi) is 6.28. The van der Waals surface area contributed by atoms with Crippen molar-refractivity contribution < 1.29 is 14.2 Å². The molecule has 0 unspecified atom stereocenters. The summed E-state index contributed by atoms with van der Waals surface area (Å²) >= 11 is 0. The normalized spacial score (nSPS) is 26.8. The first-order valence-corrected chi connectivity index (χ1v) is 9.29. The van der Waals surface area contributed by atoms with Gasteiger partial charge in [0, 0.05) is 58.9 Å². The van der Waals surface area contributed by atoms with Gasteiger partial charge in [0.15, 0.2) is 11.6 Å². The van der Waals surface area contributed by atoms with Gasteiger partial charge in [-0.2, -0.15) is 0 Å². The molecule has 5 nitrogen and oxygen atoms in total. The van der Waals surface area contributed by atoms with Gasteiger partial charge in [-0.05, 0) is 31.5 Å². The van der Waals surface area contributed by atoms with Gasteiger partial charge in [-0.15, -0.1) is 0 Å². The summed E-state index contributed by atoms with van der Waals surface area (Å²) in [5.74, 6) is -0.814. The number of benzene rings is 1. The number of ether oxygens (including phenoxy) is 1. The van der Waals surface area contributed by atoms with Crippen LogP contribution in [0.15, 0.2) is 18.2 Å². The molecule has 0 radical (unpaired) electrons. The molecule has 2 aliphatic heterocycles. The van der Waals surface area contributed by atoms with E-state index in [1.807, 2.05) is 0 Å². The van der Waals surface area contributed by atoms with Crippen molar-refractivity contribution in [3.8, 4) is 5.75 Å². The minimum atomic E-state index is -0.555. The average Bonchev–Trinajstić information content (AvgIpc) is 2.57. The van der Waals surface area contributed by atoms with Crippen molar-refractivity contribution in [3.05, 3.63) is 29.6 Å². The summed E-state index contributed by atoms with van der Waals surface area (Å²) in [6, 6.07) is 4.62. The molecule has 0 saturated carbocycles. The van der Waals surface area contributed by atoms with E-state index >= 15 is 0 Å². The maximum Gasteiger partial charge on any atom is 0.164 e. The van der Waals surface area contributed by atoms with E-state index < -0.39 is 5.82 Å². The van der Waals surface area contributed by atoms with Crippen LogP contribution in [0.25, 0.3) is 0 Å². The molecular weight excluding hydrogens is 321 g/mol. The highest BCUT2D eigenvalue weighted by molar-refractivity contribution is 5.28. The SMILES string of the molecule is C[C@@H]1CN(CCN2CCN(Cc3ccc(F)c(O)c3)CC2)C[C@H](C)O1. The van der Waals surface area contributed by atoms with Crippen LogP contribution in [0.3, 0.4) is 0 Å². The molecule has 0 bridgehead atoms. The van der Waals surface area contributed by atoms with Crippen molar-refractivity contribution in [2.75, 3.05) is 52.4 Å². The van der Waals surface area contributed by atoms with Crippen LogP contribution < -0.4 is 0 Å². The molecule has 2 aliphatic rings. The fourth-order valence-corrected chi connectivity index (χ4v) is 3.84. The zero-order chi connectivity index (χ0) is 17.8. The lowest BCUT2D eigenvalue weighted by Crippen LogP contribution is -2.51. The van der Waals surface area contributed by atoms with Gasteiger partial charge in [-0.1, -0.05) is 6.07 Å². The molecule has 1 aromatic carbocycles. The second kappa shape index (κ2) is 8.45. The molecule has 2 saturated heterocycles. The summed E-state index contributed by atoms with van der Waals surface area (Å²) in [4.78, 5) is 7.39. The maximum atomic E-state index is 13.1. The molecule has 0 amide bonds. The van der Waals surface area contributed by atoms with Crippen molar-refractivity contribution in [1.29, 1.82) is 0 Å². The summed E-state index contributed by atoms with van der Waals surface area (Å²) < 4.78 is 18.9. The van der Waals surface area contributed by atoms with Crippen LogP contribution >= 0.6 is 0 Å². The Bertz CT molecular complexity index is 554. The summed E-state index contributed by atoms with van der Waals surface area (Å²) in [7, 11) is 0. The summed E-state index contributed by atoms with van der Waals surface area (Å²) in [6.07, 6.45) is 0.653. The van der Waals surface area contributed by atoms with Gasteiger partial charge in [-0.25, -0.2) is 4.39 Å². The van der Waals surface area contributed by atoms with Crippen LogP contribution in [0.1, 0.15) is 19.4 Å². The molecule has 0 aliphatic carbocycles. The number of halogens is 1. The van der Waals surface area contributed by atoms with E-state index in [2.05, 4.69) is 28.5 Å². The van der Waals surface area contributed by atoms with Crippen molar-refractivity contribution >= 4 is 0 Å². The Morgan fingerprint density at radius 1 is 1.00 bits per heavy atom. The highest BCUT2D eigenvalue weighted by Gasteiger charge is 2.23. The average molecular weight is 351 g/mol. The third kappa shape index (κ3) is 5.38. The van der Waals surface area contributed by atoms with Crippen molar-refractivity contribution in [2.24, 2.45) is 0 Å². The van der Waals surface area contributed by atoms with Gasteiger partial charge < -0.3 is 9.84 Å². The van der Waals surface area contributed by atoms with Crippen LogP contribution in [0.5, 0.6) is 5.75 Å². The molecular formula is C19H30FN3O2. The zero-order valence-electron chi connectivity index (χ0n) is 15.3. The molecule has 1 aromatic rings. The molecule has 3 rings (SSSR count). The van der Waals surface area contributed by atoms with Gasteiger partial charge in [-0.3, -0.25) is 14.7 Å². The third-order valence-electron chi connectivity index (χ3n) is 5.11. The van der Waals surface area contributed by atoms with Crippen LogP contribution in [0.2, 0.25) is 0 Å². The predicted octanol–water partition coefficient (Wildman–Crippen LogP) is 1.76. The lowest BCUT2D eigenvalue weighted by molar-refractivity contribution is -0.0699. The van der Waals surface area contributed by atoms with E-state index in [-0.39, 0.29) is 5.75 Å². The second-order valence-corrected chi connectivity index (χ2v) is 7.42. The van der Waals surface area contributed by atoms with E-state index in [0.717, 1.165) is 64.5 Å². The quantitative estimate of drug-likeness (QED) is 0.875. The number of morpholine rings is 1. The Morgan fingerprint density at radius 3 is 2.24 bits per heavy atom. The minimum Gasteiger partial charge on any atom is -0.505 e. The van der Waals surface area contributed by atoms with Crippen LogP contribution in [0.4, 0.5) is 4.39 Å². The van der Waals surface area contributed by atoms with Crippen LogP contribution in [-0.2, 0) is 11.3 Å². The lowest BCUT2D eigenvalue weighted by atomic mass is 10.1. The summed E-state index contributed by atoms with van der Waals surface area (Å²) in [6.45, 7) is 13.4. The van der Waals surface area contributed by atoms with Gasteiger partial charge >= 0.3 is 0 Å². The minimum absolute atomic E-state index is 0.259. The number of piperazine rings is 1. The van der Waals surface area contributed by atoms with Gasteiger partial charge in [0.05, 0.1) is 12.2 Å².